The van der Waals surface area contributed by atoms with Crippen molar-refractivity contribution in [3.63, 3.8) is 0 Å². The Balaban J connectivity index is 2.15. The van der Waals surface area contributed by atoms with Crippen molar-refractivity contribution in [1.29, 1.82) is 0 Å². The van der Waals surface area contributed by atoms with E-state index in [0.717, 1.165) is 12.8 Å². The standard InChI is InChI=1S/C16H26N2/c1-2-3-4-5-6-7-8-9-10-14-11-12-15(17)16(18)13-14/h6-7,11-13H,2-5,8-10,17-18H2,1H3. The van der Waals surface area contributed by atoms with Gasteiger partial charge in [0.15, 0.2) is 0 Å². The molecule has 0 aromatic heterocycles. The molecule has 0 heterocycles. The largest absolute Gasteiger partial charge is 0.397 e. The Morgan fingerprint density at radius 3 is 2.33 bits per heavy atom. The van der Waals surface area contributed by atoms with Gasteiger partial charge in [-0.2, -0.15) is 0 Å². The van der Waals surface area contributed by atoms with Crippen LogP contribution in [0.25, 0.3) is 0 Å². The quantitative estimate of drug-likeness (QED) is 0.408. The molecule has 0 fully saturated rings. The summed E-state index contributed by atoms with van der Waals surface area (Å²) in [7, 11) is 0. The van der Waals surface area contributed by atoms with Crippen molar-refractivity contribution < 1.29 is 0 Å². The average Bonchev–Trinajstić information content (AvgIpc) is 2.37. The molecular weight excluding hydrogens is 220 g/mol. The highest BCUT2D eigenvalue weighted by Crippen LogP contribution is 2.17. The maximum atomic E-state index is 5.78. The summed E-state index contributed by atoms with van der Waals surface area (Å²) < 4.78 is 0. The van der Waals surface area contributed by atoms with E-state index in [1.807, 2.05) is 12.1 Å². The first kappa shape index (κ1) is 14.6. The van der Waals surface area contributed by atoms with Gasteiger partial charge >= 0.3 is 0 Å². The maximum absolute atomic E-state index is 5.78. The van der Waals surface area contributed by atoms with E-state index in [1.54, 1.807) is 0 Å². The molecule has 1 aromatic carbocycles. The fourth-order valence-corrected chi connectivity index (χ4v) is 1.95. The number of unbranched alkanes of at least 4 members (excludes halogenated alkanes) is 4. The third-order valence-electron chi connectivity index (χ3n) is 3.13. The van der Waals surface area contributed by atoms with E-state index >= 15 is 0 Å². The summed E-state index contributed by atoms with van der Waals surface area (Å²) in [5.41, 5.74) is 14.1. The Morgan fingerprint density at radius 1 is 0.944 bits per heavy atom. The summed E-state index contributed by atoms with van der Waals surface area (Å²) >= 11 is 0. The van der Waals surface area contributed by atoms with Crippen LogP contribution in [0.5, 0.6) is 0 Å². The van der Waals surface area contributed by atoms with Crippen LogP contribution in [0, 0.1) is 0 Å². The number of anilines is 2. The van der Waals surface area contributed by atoms with E-state index in [9.17, 15) is 0 Å². The van der Waals surface area contributed by atoms with Gasteiger partial charge < -0.3 is 11.5 Å². The number of hydrogen-bond donors (Lipinski definition) is 2. The lowest BCUT2D eigenvalue weighted by Gasteiger charge is -2.03. The van der Waals surface area contributed by atoms with Gasteiger partial charge in [0.1, 0.15) is 0 Å². The van der Waals surface area contributed by atoms with Crippen LogP contribution in [0.3, 0.4) is 0 Å². The molecule has 0 saturated heterocycles. The zero-order chi connectivity index (χ0) is 13.2. The molecule has 2 nitrogen and oxygen atoms in total. The highest BCUT2D eigenvalue weighted by molar-refractivity contribution is 5.63. The van der Waals surface area contributed by atoms with E-state index in [-0.39, 0.29) is 0 Å². The molecule has 100 valence electrons. The monoisotopic (exact) mass is 246 g/mol. The lowest BCUT2D eigenvalue weighted by molar-refractivity contribution is 0.726. The molecule has 0 radical (unpaired) electrons. The van der Waals surface area contributed by atoms with Crippen molar-refractivity contribution in [3.8, 4) is 0 Å². The van der Waals surface area contributed by atoms with Crippen molar-refractivity contribution in [2.24, 2.45) is 0 Å². The van der Waals surface area contributed by atoms with Crippen LogP contribution in [-0.4, -0.2) is 0 Å². The highest BCUT2D eigenvalue weighted by atomic mass is 14.7. The number of nitrogens with two attached hydrogens (primary N) is 2. The molecule has 1 rings (SSSR count). The van der Waals surface area contributed by atoms with Gasteiger partial charge in [0.05, 0.1) is 11.4 Å². The van der Waals surface area contributed by atoms with Crippen LogP contribution in [0.15, 0.2) is 30.4 Å². The van der Waals surface area contributed by atoms with Crippen LogP contribution < -0.4 is 11.5 Å². The van der Waals surface area contributed by atoms with Gasteiger partial charge in [0.25, 0.3) is 0 Å². The van der Waals surface area contributed by atoms with Gasteiger partial charge in [0.2, 0.25) is 0 Å². The molecular formula is C16H26N2. The van der Waals surface area contributed by atoms with E-state index < -0.39 is 0 Å². The van der Waals surface area contributed by atoms with Gasteiger partial charge in [-0.1, -0.05) is 38.0 Å². The number of nitrogen functional groups attached to an aromatic ring is 2. The molecule has 0 unspecified atom stereocenters. The minimum absolute atomic E-state index is 0.676. The summed E-state index contributed by atoms with van der Waals surface area (Å²) in [5.74, 6) is 0. The second-order valence-electron chi connectivity index (χ2n) is 4.82. The smallest absolute Gasteiger partial charge is 0.0550 e. The van der Waals surface area contributed by atoms with Crippen molar-refractivity contribution in [2.75, 3.05) is 11.5 Å². The lowest BCUT2D eigenvalue weighted by atomic mass is 10.1. The zero-order valence-electron chi connectivity index (χ0n) is 11.5. The van der Waals surface area contributed by atoms with Crippen molar-refractivity contribution in [2.45, 2.75) is 51.9 Å². The molecule has 0 aliphatic heterocycles. The highest BCUT2D eigenvalue weighted by Gasteiger charge is 1.96. The molecule has 0 aliphatic rings. The Kier molecular flexibility index (Phi) is 7.00. The van der Waals surface area contributed by atoms with E-state index in [2.05, 4.69) is 25.1 Å². The fourth-order valence-electron chi connectivity index (χ4n) is 1.95. The van der Waals surface area contributed by atoms with E-state index in [0.29, 0.717) is 11.4 Å². The fraction of sp³-hybridized carbons (Fsp3) is 0.500. The molecule has 0 atom stereocenters. The first-order valence-electron chi connectivity index (χ1n) is 7.03. The molecule has 0 saturated carbocycles. The van der Waals surface area contributed by atoms with E-state index in [4.69, 9.17) is 11.5 Å². The Labute approximate surface area is 111 Å². The summed E-state index contributed by atoms with van der Waals surface area (Å²) in [4.78, 5) is 0. The first-order chi connectivity index (χ1) is 8.74. The topological polar surface area (TPSA) is 52.0 Å². The molecule has 0 aliphatic carbocycles. The van der Waals surface area contributed by atoms with Crippen LogP contribution in [0.4, 0.5) is 11.4 Å². The van der Waals surface area contributed by atoms with Crippen LogP contribution in [0.2, 0.25) is 0 Å². The average molecular weight is 246 g/mol. The Bertz CT molecular complexity index is 369. The van der Waals surface area contributed by atoms with Gasteiger partial charge in [-0.15, -0.1) is 0 Å². The van der Waals surface area contributed by atoms with Gasteiger partial charge in [0, 0.05) is 0 Å². The number of hydrogen-bond acceptors (Lipinski definition) is 2. The SMILES string of the molecule is CCCCCC=CCCCc1ccc(N)c(N)c1. The second-order valence-corrected chi connectivity index (χ2v) is 4.82. The third kappa shape index (κ3) is 5.76. The number of benzene rings is 1. The second kappa shape index (κ2) is 8.62. The van der Waals surface area contributed by atoms with Gasteiger partial charge in [-0.05, 0) is 49.8 Å². The number of rotatable bonds is 8. The molecule has 0 amide bonds. The zero-order valence-corrected chi connectivity index (χ0v) is 11.5. The van der Waals surface area contributed by atoms with Crippen LogP contribution in [-0.2, 0) is 6.42 Å². The van der Waals surface area contributed by atoms with Crippen LogP contribution in [0.1, 0.15) is 51.0 Å². The minimum atomic E-state index is 0.676. The third-order valence-corrected chi connectivity index (χ3v) is 3.13. The predicted molar refractivity (Wildman–Crippen MR) is 81.5 cm³/mol. The van der Waals surface area contributed by atoms with E-state index in [1.165, 1.54) is 37.7 Å². The maximum Gasteiger partial charge on any atom is 0.0550 e. The number of allylic oxidation sites excluding steroid dienone is 2. The summed E-state index contributed by atoms with van der Waals surface area (Å²) in [6.45, 7) is 2.24. The van der Waals surface area contributed by atoms with Crippen LogP contribution >= 0.6 is 0 Å². The summed E-state index contributed by atoms with van der Waals surface area (Å²) in [6, 6.07) is 5.95. The normalized spacial score (nSPS) is 11.2. The minimum Gasteiger partial charge on any atom is -0.397 e. The van der Waals surface area contributed by atoms with Crippen molar-refractivity contribution in [3.05, 3.63) is 35.9 Å². The summed E-state index contributed by atoms with van der Waals surface area (Å²) in [6.07, 6.45) is 13.2. The summed E-state index contributed by atoms with van der Waals surface area (Å²) in [5, 5.41) is 0. The van der Waals surface area contributed by atoms with Gasteiger partial charge in [-0.25, -0.2) is 0 Å². The van der Waals surface area contributed by atoms with Crippen molar-refractivity contribution >= 4 is 11.4 Å². The molecule has 0 bridgehead atoms. The molecule has 2 heteroatoms. The van der Waals surface area contributed by atoms with Crippen molar-refractivity contribution in [1.82, 2.24) is 0 Å². The number of aryl methyl sites for hydroxylation is 1. The molecule has 4 N–H and O–H groups in total. The molecule has 1 aromatic rings. The Hall–Kier alpha value is -1.44. The predicted octanol–water partition coefficient (Wildman–Crippen LogP) is 4.31. The first-order valence-corrected chi connectivity index (χ1v) is 7.03. The Morgan fingerprint density at radius 2 is 1.67 bits per heavy atom. The molecule has 0 spiro atoms. The van der Waals surface area contributed by atoms with Gasteiger partial charge in [-0.3, -0.25) is 0 Å². The molecule has 18 heavy (non-hydrogen) atoms. The lowest BCUT2D eigenvalue weighted by Crippen LogP contribution is -1.95.